The van der Waals surface area contributed by atoms with Gasteiger partial charge < -0.3 is 20.3 Å². The largest absolute Gasteiger partial charge is 0.445 e. The Hall–Kier alpha value is -2.77. The van der Waals surface area contributed by atoms with Crippen LogP contribution in [-0.2, 0) is 20.9 Å². The van der Waals surface area contributed by atoms with Gasteiger partial charge in [-0.1, -0.05) is 39.8 Å². The zero-order valence-corrected chi connectivity index (χ0v) is 21.9. The average molecular weight is 463 g/mol. The van der Waals surface area contributed by atoms with Crippen molar-refractivity contribution in [3.05, 3.63) is 29.8 Å². The Labute approximate surface area is 199 Å². The number of carbonyl (C=O) groups is 3. The molecule has 8 nitrogen and oxygen atoms in total. The van der Waals surface area contributed by atoms with Crippen LogP contribution < -0.4 is 10.6 Å². The molecule has 0 bridgehead atoms. The SMILES string of the molecule is CC(C)[C@H](NC(=O)[C@H](C(C)C)N(C)C(=O)OCc1ccc(NC(C)(C)C)cc1)C(=O)N(C)C. The third-order valence-corrected chi connectivity index (χ3v) is 5.11. The van der Waals surface area contributed by atoms with Crippen LogP contribution in [-0.4, -0.2) is 66.5 Å². The minimum absolute atomic E-state index is 0.0468. The van der Waals surface area contributed by atoms with Gasteiger partial charge in [0.05, 0.1) is 0 Å². The number of nitrogens with one attached hydrogen (secondary N) is 2. The maximum Gasteiger partial charge on any atom is 0.410 e. The molecule has 0 saturated carbocycles. The van der Waals surface area contributed by atoms with Crippen molar-refractivity contribution in [2.24, 2.45) is 11.8 Å². The van der Waals surface area contributed by atoms with Gasteiger partial charge in [0, 0.05) is 32.4 Å². The van der Waals surface area contributed by atoms with E-state index < -0.39 is 18.2 Å². The summed E-state index contributed by atoms with van der Waals surface area (Å²) in [5.74, 6) is -0.830. The van der Waals surface area contributed by atoms with Gasteiger partial charge in [-0.05, 0) is 50.3 Å². The highest BCUT2D eigenvalue weighted by molar-refractivity contribution is 5.91. The van der Waals surface area contributed by atoms with Crippen LogP contribution in [0.15, 0.2) is 24.3 Å². The highest BCUT2D eigenvalue weighted by atomic mass is 16.6. The molecule has 0 aliphatic carbocycles. The van der Waals surface area contributed by atoms with E-state index in [4.69, 9.17) is 4.74 Å². The molecular formula is C25H42N4O4. The molecule has 8 heteroatoms. The summed E-state index contributed by atoms with van der Waals surface area (Å²) in [7, 11) is 4.85. The normalized spacial score (nSPS) is 13.3. The zero-order chi connectivity index (χ0) is 25.5. The van der Waals surface area contributed by atoms with Gasteiger partial charge >= 0.3 is 6.09 Å². The van der Waals surface area contributed by atoms with Crippen LogP contribution in [0.3, 0.4) is 0 Å². The molecule has 1 aromatic rings. The van der Waals surface area contributed by atoms with E-state index in [0.29, 0.717) is 0 Å². The summed E-state index contributed by atoms with van der Waals surface area (Å²) in [5.41, 5.74) is 1.78. The summed E-state index contributed by atoms with van der Waals surface area (Å²) < 4.78 is 5.46. The Morgan fingerprint density at radius 3 is 1.91 bits per heavy atom. The summed E-state index contributed by atoms with van der Waals surface area (Å²) in [5, 5.41) is 6.21. The van der Waals surface area contributed by atoms with Crippen LogP contribution in [0, 0.1) is 11.8 Å². The van der Waals surface area contributed by atoms with Crippen molar-refractivity contribution in [2.75, 3.05) is 26.5 Å². The first kappa shape index (κ1) is 28.3. The molecule has 33 heavy (non-hydrogen) atoms. The average Bonchev–Trinajstić information content (AvgIpc) is 2.69. The third kappa shape index (κ3) is 8.94. The molecule has 2 atom stereocenters. The third-order valence-electron chi connectivity index (χ3n) is 5.11. The number of hydrogen-bond donors (Lipinski definition) is 2. The van der Waals surface area contributed by atoms with Gasteiger partial charge in [-0.3, -0.25) is 14.5 Å². The molecule has 0 spiro atoms. The first-order chi connectivity index (χ1) is 15.1. The van der Waals surface area contributed by atoms with Crippen molar-refractivity contribution in [2.45, 2.75) is 72.7 Å². The maximum atomic E-state index is 13.1. The molecule has 2 N–H and O–H groups in total. The predicted octanol–water partition coefficient (Wildman–Crippen LogP) is 3.72. The summed E-state index contributed by atoms with van der Waals surface area (Å²) in [6.07, 6.45) is -0.597. The summed E-state index contributed by atoms with van der Waals surface area (Å²) in [6, 6.07) is 6.24. The van der Waals surface area contributed by atoms with E-state index >= 15 is 0 Å². The van der Waals surface area contributed by atoms with Crippen molar-refractivity contribution in [1.29, 1.82) is 0 Å². The van der Waals surface area contributed by atoms with Crippen molar-refractivity contribution in [3.8, 4) is 0 Å². The monoisotopic (exact) mass is 462 g/mol. The van der Waals surface area contributed by atoms with Gasteiger partial charge in [0.15, 0.2) is 0 Å². The maximum absolute atomic E-state index is 13.1. The van der Waals surface area contributed by atoms with Gasteiger partial charge in [-0.25, -0.2) is 4.79 Å². The molecule has 0 aliphatic heterocycles. The predicted molar refractivity (Wildman–Crippen MR) is 132 cm³/mol. The molecule has 0 aliphatic rings. The number of carbonyl (C=O) groups excluding carboxylic acids is 3. The van der Waals surface area contributed by atoms with E-state index in [0.717, 1.165) is 11.3 Å². The Morgan fingerprint density at radius 2 is 1.48 bits per heavy atom. The van der Waals surface area contributed by atoms with Crippen LogP contribution in [0.1, 0.15) is 54.0 Å². The molecule has 1 rings (SSSR count). The van der Waals surface area contributed by atoms with E-state index in [2.05, 4.69) is 31.4 Å². The number of benzene rings is 1. The van der Waals surface area contributed by atoms with E-state index in [1.54, 1.807) is 21.1 Å². The fraction of sp³-hybridized carbons (Fsp3) is 0.640. The van der Waals surface area contributed by atoms with Crippen LogP contribution in [0.5, 0.6) is 0 Å². The summed E-state index contributed by atoms with van der Waals surface area (Å²) in [6.45, 7) is 13.8. The standard InChI is InChI=1S/C25H42N4O4/c1-16(2)20(23(31)28(8)9)26-22(30)21(17(3)4)29(10)24(32)33-15-18-11-13-19(14-12-18)27-25(5,6)7/h11-14,16-17,20-21,27H,15H2,1-10H3,(H,26,30)/t20-,21-/m0/s1. The molecular weight excluding hydrogens is 420 g/mol. The van der Waals surface area contributed by atoms with Gasteiger partial charge in [-0.2, -0.15) is 0 Å². The second kappa shape index (κ2) is 11.9. The fourth-order valence-electron chi connectivity index (χ4n) is 3.43. The number of nitrogens with zero attached hydrogens (tertiary/aromatic N) is 2. The van der Waals surface area contributed by atoms with Gasteiger partial charge in [-0.15, -0.1) is 0 Å². The van der Waals surface area contributed by atoms with Gasteiger partial charge in [0.1, 0.15) is 18.7 Å². The Balaban J connectivity index is 2.82. The molecule has 0 heterocycles. The number of amides is 3. The molecule has 0 saturated heterocycles. The lowest BCUT2D eigenvalue weighted by Crippen LogP contribution is -2.57. The fourth-order valence-corrected chi connectivity index (χ4v) is 3.43. The topological polar surface area (TPSA) is 91.0 Å². The van der Waals surface area contributed by atoms with Crippen molar-refractivity contribution in [3.63, 3.8) is 0 Å². The number of hydrogen-bond acceptors (Lipinski definition) is 5. The summed E-state index contributed by atoms with van der Waals surface area (Å²) in [4.78, 5) is 41.0. The van der Waals surface area contributed by atoms with Gasteiger partial charge in [0.25, 0.3) is 0 Å². The number of anilines is 1. The Bertz CT molecular complexity index is 798. The van der Waals surface area contributed by atoms with E-state index in [-0.39, 0.29) is 35.8 Å². The first-order valence-corrected chi connectivity index (χ1v) is 11.4. The lowest BCUT2D eigenvalue weighted by Gasteiger charge is -2.32. The quantitative estimate of drug-likeness (QED) is 0.584. The number of ether oxygens (including phenoxy) is 1. The smallest absolute Gasteiger partial charge is 0.410 e. The number of likely N-dealkylation sites (N-methyl/N-ethyl adjacent to an activating group) is 2. The molecule has 0 fully saturated rings. The molecule has 0 unspecified atom stereocenters. The second-order valence-electron chi connectivity index (χ2n) is 10.4. The van der Waals surface area contributed by atoms with Crippen LogP contribution in [0.25, 0.3) is 0 Å². The first-order valence-electron chi connectivity index (χ1n) is 11.4. The van der Waals surface area contributed by atoms with E-state index in [1.807, 2.05) is 52.0 Å². The Morgan fingerprint density at radius 1 is 0.939 bits per heavy atom. The highest BCUT2D eigenvalue weighted by Crippen LogP contribution is 2.17. The molecule has 3 amide bonds. The lowest BCUT2D eigenvalue weighted by atomic mass is 9.99. The van der Waals surface area contributed by atoms with Crippen LogP contribution >= 0.6 is 0 Å². The second-order valence-corrected chi connectivity index (χ2v) is 10.4. The van der Waals surface area contributed by atoms with E-state index in [9.17, 15) is 14.4 Å². The van der Waals surface area contributed by atoms with E-state index in [1.165, 1.54) is 9.80 Å². The molecule has 0 aromatic heterocycles. The molecule has 186 valence electrons. The minimum atomic E-state index is -0.771. The lowest BCUT2D eigenvalue weighted by molar-refractivity contribution is -0.137. The molecule has 0 radical (unpaired) electrons. The minimum Gasteiger partial charge on any atom is -0.445 e. The van der Waals surface area contributed by atoms with Crippen molar-refractivity contribution in [1.82, 2.24) is 15.1 Å². The zero-order valence-electron chi connectivity index (χ0n) is 21.9. The Kier molecular flexibility index (Phi) is 10.2. The summed E-state index contributed by atoms with van der Waals surface area (Å²) >= 11 is 0. The van der Waals surface area contributed by atoms with Crippen LogP contribution in [0.4, 0.5) is 10.5 Å². The van der Waals surface area contributed by atoms with Crippen molar-refractivity contribution >= 4 is 23.6 Å². The highest BCUT2D eigenvalue weighted by Gasteiger charge is 2.34. The molecule has 1 aromatic carbocycles. The van der Waals surface area contributed by atoms with Gasteiger partial charge in [0.2, 0.25) is 11.8 Å². The number of rotatable bonds is 9. The van der Waals surface area contributed by atoms with Crippen molar-refractivity contribution < 1.29 is 19.1 Å². The van der Waals surface area contributed by atoms with Crippen LogP contribution in [0.2, 0.25) is 0 Å².